The molecule has 1 fully saturated rings. The number of rotatable bonds is 6. The Morgan fingerprint density at radius 1 is 1.10 bits per heavy atom. The van der Waals surface area contributed by atoms with E-state index in [1.54, 1.807) is 0 Å². The van der Waals surface area contributed by atoms with E-state index in [1.807, 2.05) is 6.92 Å². The van der Waals surface area contributed by atoms with Crippen LogP contribution in [0.25, 0.3) is 0 Å². The van der Waals surface area contributed by atoms with E-state index >= 15 is 0 Å². The highest BCUT2D eigenvalue weighted by Gasteiger charge is 2.17. The number of benzene rings is 1. The highest BCUT2D eigenvalue weighted by atomic mass is 16.3. The van der Waals surface area contributed by atoms with E-state index in [2.05, 4.69) is 35.6 Å². The molecule has 0 bridgehead atoms. The molecule has 112 valence electrons. The maximum absolute atomic E-state index is 9.74. The molecule has 1 aromatic rings. The lowest BCUT2D eigenvalue weighted by Crippen LogP contribution is -2.33. The second-order valence-corrected chi connectivity index (χ2v) is 6.29. The Morgan fingerprint density at radius 3 is 2.35 bits per heavy atom. The van der Waals surface area contributed by atoms with E-state index in [1.165, 1.54) is 44.1 Å². The zero-order valence-corrected chi connectivity index (χ0v) is 12.7. The molecule has 0 amide bonds. The molecule has 2 N–H and O–H groups in total. The minimum atomic E-state index is -0.240. The van der Waals surface area contributed by atoms with Crippen molar-refractivity contribution in [3.8, 4) is 0 Å². The van der Waals surface area contributed by atoms with Crippen LogP contribution in [0.4, 0.5) is 0 Å². The summed E-state index contributed by atoms with van der Waals surface area (Å²) in [4.78, 5) is 0. The van der Waals surface area contributed by atoms with Crippen LogP contribution in [0.5, 0.6) is 0 Å². The molecular formula is C18H29NO. The Bertz CT molecular complexity index is 355. The lowest BCUT2D eigenvalue weighted by Gasteiger charge is -2.23. The number of hydrogen-bond acceptors (Lipinski definition) is 2. The molecule has 20 heavy (non-hydrogen) atoms. The first-order valence-electron chi connectivity index (χ1n) is 8.22. The van der Waals surface area contributed by atoms with E-state index in [-0.39, 0.29) is 6.10 Å². The molecule has 1 aliphatic carbocycles. The summed E-state index contributed by atoms with van der Waals surface area (Å²) in [5.74, 6) is 0.416. The quantitative estimate of drug-likeness (QED) is 0.773. The largest absolute Gasteiger partial charge is 0.393 e. The van der Waals surface area contributed by atoms with Crippen LogP contribution in [-0.4, -0.2) is 23.8 Å². The van der Waals surface area contributed by atoms with Gasteiger partial charge in [-0.2, -0.15) is 0 Å². The SMILES string of the molecule is CC(O)CC(CNC1CCCCCC1)c1ccccc1. The molecule has 1 saturated carbocycles. The van der Waals surface area contributed by atoms with Gasteiger partial charge in [0.2, 0.25) is 0 Å². The third-order valence-electron chi connectivity index (χ3n) is 4.40. The first-order chi connectivity index (χ1) is 9.75. The molecule has 1 aromatic carbocycles. The summed E-state index contributed by atoms with van der Waals surface area (Å²) in [5, 5.41) is 13.5. The Labute approximate surface area is 123 Å². The molecule has 2 heteroatoms. The van der Waals surface area contributed by atoms with Gasteiger partial charge in [0, 0.05) is 12.6 Å². The van der Waals surface area contributed by atoms with Gasteiger partial charge in [0.05, 0.1) is 6.10 Å². The summed E-state index contributed by atoms with van der Waals surface area (Å²) in [6.07, 6.45) is 8.75. The molecule has 0 aromatic heterocycles. The molecule has 2 atom stereocenters. The molecule has 0 radical (unpaired) electrons. The second kappa shape index (κ2) is 8.43. The molecule has 0 spiro atoms. The van der Waals surface area contributed by atoms with Crippen molar-refractivity contribution in [3.05, 3.63) is 35.9 Å². The minimum Gasteiger partial charge on any atom is -0.393 e. The average Bonchev–Trinajstić information content (AvgIpc) is 2.72. The van der Waals surface area contributed by atoms with Crippen molar-refractivity contribution < 1.29 is 5.11 Å². The lowest BCUT2D eigenvalue weighted by molar-refractivity contribution is 0.172. The standard InChI is InChI=1S/C18H29NO/c1-15(20)13-17(16-9-5-4-6-10-16)14-19-18-11-7-2-3-8-12-18/h4-6,9-10,15,17-20H,2-3,7-8,11-14H2,1H3. The predicted octanol–water partition coefficient (Wildman–Crippen LogP) is 3.85. The summed E-state index contributed by atoms with van der Waals surface area (Å²) < 4.78 is 0. The Balaban J connectivity index is 1.90. The molecule has 2 nitrogen and oxygen atoms in total. The van der Waals surface area contributed by atoms with E-state index in [0.29, 0.717) is 12.0 Å². The van der Waals surface area contributed by atoms with Gasteiger partial charge >= 0.3 is 0 Å². The fourth-order valence-electron chi connectivity index (χ4n) is 3.27. The zero-order chi connectivity index (χ0) is 14.2. The zero-order valence-electron chi connectivity index (χ0n) is 12.7. The van der Waals surface area contributed by atoms with E-state index in [0.717, 1.165) is 13.0 Å². The topological polar surface area (TPSA) is 32.3 Å². The molecule has 0 aliphatic heterocycles. The van der Waals surface area contributed by atoms with Crippen LogP contribution in [0, 0.1) is 0 Å². The van der Waals surface area contributed by atoms with Gasteiger partial charge < -0.3 is 10.4 Å². The maximum atomic E-state index is 9.74. The molecule has 2 rings (SSSR count). The van der Waals surface area contributed by atoms with Crippen molar-refractivity contribution in [2.45, 2.75) is 69.9 Å². The second-order valence-electron chi connectivity index (χ2n) is 6.29. The van der Waals surface area contributed by atoms with Crippen molar-refractivity contribution >= 4 is 0 Å². The van der Waals surface area contributed by atoms with Crippen LogP contribution >= 0.6 is 0 Å². The van der Waals surface area contributed by atoms with Crippen molar-refractivity contribution in [1.29, 1.82) is 0 Å². The normalized spacial score (nSPS) is 20.3. The van der Waals surface area contributed by atoms with Crippen LogP contribution in [-0.2, 0) is 0 Å². The lowest BCUT2D eigenvalue weighted by atomic mass is 9.93. The van der Waals surface area contributed by atoms with Crippen molar-refractivity contribution in [2.24, 2.45) is 0 Å². The highest BCUT2D eigenvalue weighted by Crippen LogP contribution is 2.22. The van der Waals surface area contributed by atoms with Crippen molar-refractivity contribution in [1.82, 2.24) is 5.32 Å². The highest BCUT2D eigenvalue weighted by molar-refractivity contribution is 5.20. The predicted molar refractivity (Wildman–Crippen MR) is 85.0 cm³/mol. The first kappa shape index (κ1) is 15.5. The third kappa shape index (κ3) is 5.26. The monoisotopic (exact) mass is 275 g/mol. The van der Waals surface area contributed by atoms with E-state index < -0.39 is 0 Å². The van der Waals surface area contributed by atoms with Gasteiger partial charge in [-0.3, -0.25) is 0 Å². The summed E-state index contributed by atoms with van der Waals surface area (Å²) >= 11 is 0. The van der Waals surface area contributed by atoms with Gasteiger partial charge in [-0.15, -0.1) is 0 Å². The average molecular weight is 275 g/mol. The maximum Gasteiger partial charge on any atom is 0.0518 e. The van der Waals surface area contributed by atoms with E-state index in [9.17, 15) is 5.11 Å². The van der Waals surface area contributed by atoms with Gasteiger partial charge in [-0.25, -0.2) is 0 Å². The summed E-state index contributed by atoms with van der Waals surface area (Å²) in [7, 11) is 0. The minimum absolute atomic E-state index is 0.240. The van der Waals surface area contributed by atoms with Crippen LogP contribution < -0.4 is 5.32 Å². The summed E-state index contributed by atoms with van der Waals surface area (Å²) in [6.45, 7) is 2.88. The van der Waals surface area contributed by atoms with Gasteiger partial charge in [-0.1, -0.05) is 56.0 Å². The van der Waals surface area contributed by atoms with Gasteiger partial charge in [-0.05, 0) is 37.7 Å². The van der Waals surface area contributed by atoms with Crippen LogP contribution in [0.3, 0.4) is 0 Å². The van der Waals surface area contributed by atoms with Gasteiger partial charge in [0.25, 0.3) is 0 Å². The number of aliphatic hydroxyl groups is 1. The fraction of sp³-hybridized carbons (Fsp3) is 0.667. The van der Waals surface area contributed by atoms with Crippen LogP contribution in [0.2, 0.25) is 0 Å². The van der Waals surface area contributed by atoms with Crippen molar-refractivity contribution in [3.63, 3.8) is 0 Å². The number of hydrogen-bond donors (Lipinski definition) is 2. The van der Waals surface area contributed by atoms with Gasteiger partial charge in [0.1, 0.15) is 0 Å². The molecular weight excluding hydrogens is 246 g/mol. The third-order valence-corrected chi connectivity index (χ3v) is 4.40. The Morgan fingerprint density at radius 2 is 1.75 bits per heavy atom. The fourth-order valence-corrected chi connectivity index (χ4v) is 3.27. The Kier molecular flexibility index (Phi) is 6.55. The summed E-state index contributed by atoms with van der Waals surface area (Å²) in [5.41, 5.74) is 1.34. The smallest absolute Gasteiger partial charge is 0.0518 e. The van der Waals surface area contributed by atoms with Gasteiger partial charge in [0.15, 0.2) is 0 Å². The van der Waals surface area contributed by atoms with Crippen LogP contribution in [0.15, 0.2) is 30.3 Å². The number of nitrogens with one attached hydrogen (secondary N) is 1. The Hall–Kier alpha value is -0.860. The van der Waals surface area contributed by atoms with E-state index in [4.69, 9.17) is 0 Å². The molecule has 0 heterocycles. The van der Waals surface area contributed by atoms with Crippen molar-refractivity contribution in [2.75, 3.05) is 6.54 Å². The molecule has 1 aliphatic rings. The number of aliphatic hydroxyl groups excluding tert-OH is 1. The molecule has 0 saturated heterocycles. The van der Waals surface area contributed by atoms with Crippen LogP contribution in [0.1, 0.15) is 63.4 Å². The first-order valence-corrected chi connectivity index (χ1v) is 8.22. The molecule has 2 unspecified atom stereocenters. The summed E-state index contributed by atoms with van der Waals surface area (Å²) in [6, 6.07) is 11.3.